The highest BCUT2D eigenvalue weighted by atomic mass is 79.9. The summed E-state index contributed by atoms with van der Waals surface area (Å²) in [5.41, 5.74) is 1.70. The molecule has 0 bridgehead atoms. The smallest absolute Gasteiger partial charge is 0.337 e. The molecule has 0 aliphatic heterocycles. The van der Waals surface area contributed by atoms with Gasteiger partial charge in [0.2, 0.25) is 0 Å². The van der Waals surface area contributed by atoms with Crippen molar-refractivity contribution in [3.05, 3.63) is 55.4 Å². The van der Waals surface area contributed by atoms with Crippen LogP contribution in [0.4, 0.5) is 5.69 Å². The van der Waals surface area contributed by atoms with Crippen LogP contribution in [0.3, 0.4) is 0 Å². The highest BCUT2D eigenvalue weighted by Crippen LogP contribution is 2.33. The average molecular weight is 478 g/mol. The summed E-state index contributed by atoms with van der Waals surface area (Å²) in [4.78, 5) is 11.2. The van der Waals surface area contributed by atoms with Gasteiger partial charge < -0.3 is 15.2 Å². The molecular formula is C17H16Br2ClNO3. The van der Waals surface area contributed by atoms with Gasteiger partial charge in [-0.25, -0.2) is 4.79 Å². The van der Waals surface area contributed by atoms with Crippen molar-refractivity contribution in [2.45, 2.75) is 19.9 Å². The van der Waals surface area contributed by atoms with E-state index in [1.54, 1.807) is 12.1 Å². The van der Waals surface area contributed by atoms with Gasteiger partial charge in [0, 0.05) is 22.3 Å². The highest BCUT2D eigenvalue weighted by Gasteiger charge is 2.12. The second-order valence-corrected chi connectivity index (χ2v) is 7.25. The molecule has 2 N–H and O–H groups in total. The molecule has 0 aromatic heterocycles. The zero-order chi connectivity index (χ0) is 17.7. The third kappa shape index (κ3) is 4.88. The lowest BCUT2D eigenvalue weighted by molar-refractivity contribution is 0.0697. The number of carboxylic acid groups (broad SMARTS) is 1. The molecule has 0 fully saturated rings. The number of hydrogen-bond donors (Lipinski definition) is 2. The van der Waals surface area contributed by atoms with Crippen molar-refractivity contribution >= 4 is 55.1 Å². The molecule has 0 aliphatic carbocycles. The Hall–Kier alpha value is -1.24. The van der Waals surface area contributed by atoms with Crippen LogP contribution in [-0.2, 0) is 6.54 Å². The van der Waals surface area contributed by atoms with Crippen molar-refractivity contribution in [3.63, 3.8) is 0 Å². The topological polar surface area (TPSA) is 58.6 Å². The Morgan fingerprint density at radius 2 is 2.04 bits per heavy atom. The number of aromatic carboxylic acids is 1. The van der Waals surface area contributed by atoms with E-state index in [2.05, 4.69) is 37.2 Å². The van der Waals surface area contributed by atoms with E-state index in [1.807, 2.05) is 19.1 Å². The minimum Gasteiger partial charge on any atom is -0.492 e. The van der Waals surface area contributed by atoms with Crippen molar-refractivity contribution in [2.75, 3.05) is 11.9 Å². The van der Waals surface area contributed by atoms with Gasteiger partial charge in [-0.3, -0.25) is 0 Å². The molecule has 24 heavy (non-hydrogen) atoms. The van der Waals surface area contributed by atoms with E-state index >= 15 is 0 Å². The van der Waals surface area contributed by atoms with Crippen LogP contribution < -0.4 is 10.1 Å². The zero-order valence-electron chi connectivity index (χ0n) is 12.9. The van der Waals surface area contributed by atoms with E-state index in [0.29, 0.717) is 18.8 Å². The van der Waals surface area contributed by atoms with E-state index in [0.717, 1.165) is 26.7 Å². The molecule has 0 aliphatic rings. The summed E-state index contributed by atoms with van der Waals surface area (Å²) in [5.74, 6) is -0.277. The van der Waals surface area contributed by atoms with Gasteiger partial charge in [-0.15, -0.1) is 0 Å². The van der Waals surface area contributed by atoms with Crippen LogP contribution in [0.2, 0.25) is 5.02 Å². The Labute approximate surface area is 162 Å². The maximum atomic E-state index is 11.2. The summed E-state index contributed by atoms with van der Waals surface area (Å²) in [7, 11) is 0. The molecule has 0 saturated carbocycles. The molecule has 0 heterocycles. The van der Waals surface area contributed by atoms with Crippen LogP contribution in [0.15, 0.2) is 39.3 Å². The Kier molecular flexibility index (Phi) is 6.95. The van der Waals surface area contributed by atoms with E-state index in [-0.39, 0.29) is 10.6 Å². The number of rotatable bonds is 7. The number of carbonyl (C=O) groups is 1. The molecule has 0 saturated heterocycles. The first-order valence-electron chi connectivity index (χ1n) is 7.29. The zero-order valence-corrected chi connectivity index (χ0v) is 16.8. The van der Waals surface area contributed by atoms with E-state index in [1.165, 1.54) is 6.07 Å². The first-order valence-corrected chi connectivity index (χ1v) is 9.26. The van der Waals surface area contributed by atoms with Gasteiger partial charge in [-0.1, -0.05) is 34.5 Å². The highest BCUT2D eigenvalue weighted by molar-refractivity contribution is 9.11. The number of benzene rings is 2. The maximum Gasteiger partial charge on any atom is 0.337 e. The minimum atomic E-state index is -1.05. The lowest BCUT2D eigenvalue weighted by atomic mass is 10.1. The number of anilines is 1. The van der Waals surface area contributed by atoms with Crippen molar-refractivity contribution < 1.29 is 14.6 Å². The van der Waals surface area contributed by atoms with E-state index in [4.69, 9.17) is 21.4 Å². The molecule has 0 unspecified atom stereocenters. The molecule has 0 atom stereocenters. The summed E-state index contributed by atoms with van der Waals surface area (Å²) in [5, 5.41) is 12.6. The van der Waals surface area contributed by atoms with Gasteiger partial charge in [0.15, 0.2) is 0 Å². The van der Waals surface area contributed by atoms with Crippen LogP contribution in [0.25, 0.3) is 0 Å². The summed E-state index contributed by atoms with van der Waals surface area (Å²) in [6, 6.07) is 8.73. The lowest BCUT2D eigenvalue weighted by Gasteiger charge is -2.15. The number of halogens is 3. The molecule has 2 aromatic rings. The van der Waals surface area contributed by atoms with Crippen LogP contribution in [0.1, 0.15) is 29.3 Å². The first-order chi connectivity index (χ1) is 11.4. The lowest BCUT2D eigenvalue weighted by Crippen LogP contribution is -2.06. The van der Waals surface area contributed by atoms with Crippen LogP contribution >= 0.6 is 43.5 Å². The summed E-state index contributed by atoms with van der Waals surface area (Å²) < 4.78 is 7.61. The summed E-state index contributed by atoms with van der Waals surface area (Å²) in [6.07, 6.45) is 0.911. The molecule has 0 radical (unpaired) electrons. The molecule has 128 valence electrons. The standard InChI is InChI=1S/C17H16Br2ClNO3/c1-2-5-24-16-10(6-11(18)7-14(16)19)9-21-12-3-4-15(20)13(8-12)17(22)23/h3-4,6-8,21H,2,5,9H2,1H3,(H,22,23). The molecule has 4 nitrogen and oxygen atoms in total. The Bertz CT molecular complexity index is 753. The second-order valence-electron chi connectivity index (χ2n) is 5.08. The maximum absolute atomic E-state index is 11.2. The average Bonchev–Trinajstić information content (AvgIpc) is 2.52. The Morgan fingerprint density at radius 1 is 1.29 bits per heavy atom. The largest absolute Gasteiger partial charge is 0.492 e. The minimum absolute atomic E-state index is 0.0690. The van der Waals surface area contributed by atoms with Crippen molar-refractivity contribution in [1.82, 2.24) is 0 Å². The molecule has 0 spiro atoms. The fourth-order valence-corrected chi connectivity index (χ4v) is 3.73. The predicted molar refractivity (Wildman–Crippen MR) is 103 cm³/mol. The van der Waals surface area contributed by atoms with E-state index < -0.39 is 5.97 Å². The molecule has 2 aromatic carbocycles. The van der Waals surface area contributed by atoms with Gasteiger partial charge in [0.1, 0.15) is 5.75 Å². The quantitative estimate of drug-likeness (QED) is 0.516. The van der Waals surface area contributed by atoms with Gasteiger partial charge in [-0.2, -0.15) is 0 Å². The normalized spacial score (nSPS) is 10.5. The van der Waals surface area contributed by atoms with Crippen molar-refractivity contribution in [3.8, 4) is 5.75 Å². The Balaban J connectivity index is 2.22. The molecular weight excluding hydrogens is 461 g/mol. The van der Waals surface area contributed by atoms with Crippen molar-refractivity contribution in [2.24, 2.45) is 0 Å². The number of hydrogen-bond acceptors (Lipinski definition) is 3. The Morgan fingerprint density at radius 3 is 2.71 bits per heavy atom. The number of ether oxygens (including phenoxy) is 1. The van der Waals surface area contributed by atoms with Gasteiger partial charge in [0.25, 0.3) is 0 Å². The van der Waals surface area contributed by atoms with Crippen molar-refractivity contribution in [1.29, 1.82) is 0 Å². The van der Waals surface area contributed by atoms with Crippen LogP contribution in [0.5, 0.6) is 5.75 Å². The van der Waals surface area contributed by atoms with Gasteiger partial charge >= 0.3 is 5.97 Å². The third-order valence-electron chi connectivity index (χ3n) is 3.22. The fraction of sp³-hybridized carbons (Fsp3) is 0.235. The number of carboxylic acids is 1. The molecule has 2 rings (SSSR count). The van der Waals surface area contributed by atoms with Gasteiger partial charge in [-0.05, 0) is 52.7 Å². The van der Waals surface area contributed by atoms with Gasteiger partial charge in [0.05, 0.1) is 21.7 Å². The molecule has 7 heteroatoms. The predicted octanol–water partition coefficient (Wildman–Crippen LogP) is 5.96. The summed E-state index contributed by atoms with van der Waals surface area (Å²) >= 11 is 12.9. The SMILES string of the molecule is CCCOc1c(Br)cc(Br)cc1CNc1ccc(Cl)c(C(=O)O)c1. The van der Waals surface area contributed by atoms with E-state index in [9.17, 15) is 4.79 Å². The van der Waals surface area contributed by atoms with Crippen LogP contribution in [-0.4, -0.2) is 17.7 Å². The van der Waals surface area contributed by atoms with Crippen LogP contribution in [0, 0.1) is 0 Å². The number of nitrogens with one attached hydrogen (secondary N) is 1. The summed E-state index contributed by atoms with van der Waals surface area (Å²) in [6.45, 7) is 3.15. The monoisotopic (exact) mass is 475 g/mol. The first kappa shape index (κ1) is 19.1. The fourth-order valence-electron chi connectivity index (χ4n) is 2.11. The molecule has 0 amide bonds. The second kappa shape index (κ2) is 8.74. The third-order valence-corrected chi connectivity index (χ3v) is 4.59.